The van der Waals surface area contributed by atoms with Crippen LogP contribution in [0.2, 0.25) is 0 Å². The number of hydrogen-bond acceptors (Lipinski definition) is 6. The highest BCUT2D eigenvalue weighted by molar-refractivity contribution is 5.87. The van der Waals surface area contributed by atoms with Crippen LogP contribution in [0.25, 0.3) is 0 Å². The molecule has 0 aromatic carbocycles. The molecule has 0 fully saturated rings. The smallest absolute Gasteiger partial charge is 0.384 e. The number of esters is 2. The summed E-state index contributed by atoms with van der Waals surface area (Å²) in [5, 5.41) is 17.8. The molecule has 0 radical (unpaired) electrons. The number of aliphatic hydroxyl groups excluding tert-OH is 2. The van der Waals surface area contributed by atoms with Crippen LogP contribution in [0.1, 0.15) is 26.7 Å². The van der Waals surface area contributed by atoms with Gasteiger partial charge in [-0.2, -0.15) is 52.7 Å². The Balaban J connectivity index is 6.32. The molecule has 0 aliphatic rings. The van der Waals surface area contributed by atoms with Crippen LogP contribution in [-0.2, 0) is 19.1 Å². The third-order valence-corrected chi connectivity index (χ3v) is 4.72. The highest BCUT2D eigenvalue weighted by Crippen LogP contribution is 2.61. The zero-order valence-electron chi connectivity index (χ0n) is 19.5. The van der Waals surface area contributed by atoms with Crippen molar-refractivity contribution in [1.29, 1.82) is 0 Å². The maximum Gasteiger partial charge on any atom is 0.384 e. The Morgan fingerprint density at radius 1 is 0.605 bits per heavy atom. The third kappa shape index (κ3) is 6.73. The Hall–Kier alpha value is -2.50. The molecule has 38 heavy (non-hydrogen) atoms. The molecule has 0 aromatic heterocycles. The lowest BCUT2D eigenvalue weighted by Crippen LogP contribution is -2.71. The van der Waals surface area contributed by atoms with Gasteiger partial charge >= 0.3 is 47.5 Å². The van der Waals surface area contributed by atoms with Crippen LogP contribution in [0.5, 0.6) is 0 Å². The van der Waals surface area contributed by atoms with Crippen LogP contribution in [0.4, 0.5) is 52.7 Å². The summed E-state index contributed by atoms with van der Waals surface area (Å²) in [6.45, 7) is 4.13. The Labute approximate surface area is 206 Å². The molecule has 0 saturated heterocycles. The molecule has 222 valence electrons. The van der Waals surface area contributed by atoms with Crippen molar-refractivity contribution in [3.63, 3.8) is 0 Å². The average molecular weight is 586 g/mol. The van der Waals surface area contributed by atoms with Gasteiger partial charge in [0.2, 0.25) is 0 Å². The quantitative estimate of drug-likeness (QED) is 0.166. The van der Waals surface area contributed by atoms with Gasteiger partial charge in [0.05, 0.1) is 26.1 Å². The van der Waals surface area contributed by atoms with Gasteiger partial charge in [-0.3, -0.25) is 0 Å². The second-order valence-electron chi connectivity index (χ2n) is 8.10. The van der Waals surface area contributed by atoms with Crippen molar-refractivity contribution in [3.05, 3.63) is 24.3 Å². The molecule has 2 atom stereocenters. The number of ether oxygens (including phenoxy) is 2. The predicted octanol–water partition coefficient (Wildman–Crippen LogP) is 4.54. The fraction of sp³-hybridized carbons (Fsp3) is 0.700. The highest BCUT2D eigenvalue weighted by atomic mass is 19.4. The summed E-state index contributed by atoms with van der Waals surface area (Å²) in [6.07, 6.45) is -11.2. The molecule has 0 heterocycles. The predicted molar refractivity (Wildman–Crippen MR) is 102 cm³/mol. The van der Waals surface area contributed by atoms with Gasteiger partial charge in [0.25, 0.3) is 0 Å². The molecule has 0 aliphatic heterocycles. The highest BCUT2D eigenvalue weighted by Gasteiger charge is 2.90. The number of carbonyl (C=O) groups is 2. The van der Waals surface area contributed by atoms with Crippen LogP contribution >= 0.6 is 0 Å². The first-order valence-electron chi connectivity index (χ1n) is 9.99. The number of rotatable bonds is 15. The molecule has 0 bridgehead atoms. The SMILES string of the molecule is C=C(C)C(=O)OC(CO)CC(F)(F)C(F)(F)C(F)(F)C(F)(F)C(F)(F)C(F)(F)CC(CO)OC(=O)C(=C)C. The lowest BCUT2D eigenvalue weighted by Gasteiger charge is -2.42. The third-order valence-electron chi connectivity index (χ3n) is 4.72. The van der Waals surface area contributed by atoms with Crippen molar-refractivity contribution in [2.75, 3.05) is 13.2 Å². The lowest BCUT2D eigenvalue weighted by molar-refractivity contribution is -0.427. The van der Waals surface area contributed by atoms with Crippen LogP contribution in [0.3, 0.4) is 0 Å². The maximum absolute atomic E-state index is 14.1. The molecule has 0 rings (SSSR count). The monoisotopic (exact) mass is 586 g/mol. The fourth-order valence-electron chi connectivity index (χ4n) is 2.47. The fourth-order valence-corrected chi connectivity index (χ4v) is 2.47. The molecule has 0 spiro atoms. The van der Waals surface area contributed by atoms with E-state index < -0.39 is 96.9 Å². The van der Waals surface area contributed by atoms with Crippen LogP contribution in [0.15, 0.2) is 24.3 Å². The summed E-state index contributed by atoms with van der Waals surface area (Å²) in [4.78, 5) is 22.6. The van der Waals surface area contributed by atoms with Crippen molar-refractivity contribution >= 4 is 11.9 Å². The first-order valence-corrected chi connectivity index (χ1v) is 9.99. The van der Waals surface area contributed by atoms with Gasteiger partial charge in [0.1, 0.15) is 12.2 Å². The van der Waals surface area contributed by atoms with Crippen molar-refractivity contribution < 1.29 is 82.0 Å². The van der Waals surface area contributed by atoms with E-state index in [0.717, 1.165) is 13.8 Å². The normalized spacial score (nSPS) is 15.5. The van der Waals surface area contributed by atoms with Gasteiger partial charge in [-0.15, -0.1) is 0 Å². The molecule has 18 heteroatoms. The zero-order valence-corrected chi connectivity index (χ0v) is 19.5. The summed E-state index contributed by atoms with van der Waals surface area (Å²) in [6, 6.07) is 0. The molecule has 0 saturated carbocycles. The summed E-state index contributed by atoms with van der Waals surface area (Å²) in [7, 11) is 0. The van der Waals surface area contributed by atoms with Gasteiger partial charge in [0.15, 0.2) is 0 Å². The van der Waals surface area contributed by atoms with Gasteiger partial charge in [-0.25, -0.2) is 9.59 Å². The van der Waals surface area contributed by atoms with Crippen LogP contribution < -0.4 is 0 Å². The Kier molecular flexibility index (Phi) is 10.9. The molecular formula is C20H22F12O6. The summed E-state index contributed by atoms with van der Waals surface area (Å²) >= 11 is 0. The number of alkyl halides is 12. The topological polar surface area (TPSA) is 93.1 Å². The van der Waals surface area contributed by atoms with E-state index in [4.69, 9.17) is 10.2 Å². The van der Waals surface area contributed by atoms with E-state index in [1.165, 1.54) is 0 Å². The summed E-state index contributed by atoms with van der Waals surface area (Å²) in [5.74, 6) is -47.1. The van der Waals surface area contributed by atoms with Crippen LogP contribution in [0, 0.1) is 0 Å². The van der Waals surface area contributed by atoms with Gasteiger partial charge < -0.3 is 19.7 Å². The average Bonchev–Trinajstić information content (AvgIpc) is 2.76. The Bertz CT molecular complexity index is 831. The van der Waals surface area contributed by atoms with E-state index in [0.29, 0.717) is 0 Å². The Morgan fingerprint density at radius 2 is 0.842 bits per heavy atom. The lowest BCUT2D eigenvalue weighted by atomic mass is 9.88. The van der Waals surface area contributed by atoms with Crippen molar-refractivity contribution in [2.45, 2.75) is 74.4 Å². The molecule has 6 nitrogen and oxygen atoms in total. The number of hydrogen-bond donors (Lipinski definition) is 2. The minimum atomic E-state index is -7.92. The largest absolute Gasteiger partial charge is 0.456 e. The second kappa shape index (κ2) is 11.7. The van der Waals surface area contributed by atoms with E-state index in [2.05, 4.69) is 22.6 Å². The van der Waals surface area contributed by atoms with E-state index in [1.807, 2.05) is 0 Å². The number of halogens is 12. The van der Waals surface area contributed by atoms with Gasteiger partial charge in [-0.1, -0.05) is 13.2 Å². The first kappa shape index (κ1) is 35.5. The van der Waals surface area contributed by atoms with E-state index in [9.17, 15) is 62.3 Å². The molecule has 0 aliphatic carbocycles. The standard InChI is InChI=1S/C20H22F12O6/c1-9(2)13(35)37-11(7-33)5-15(21,22)17(25,26)19(29,30)20(31,32)18(27,28)16(23,24)6-12(8-34)38-14(36)10(3)4/h11-12,33-34H,1,3,5-8H2,2,4H3. The molecule has 2 unspecified atom stereocenters. The first-order chi connectivity index (χ1) is 16.8. The minimum Gasteiger partial charge on any atom is -0.456 e. The summed E-state index contributed by atoms with van der Waals surface area (Å²) in [5.41, 5.74) is -1.15. The molecular weight excluding hydrogens is 564 g/mol. The van der Waals surface area contributed by atoms with E-state index in [-0.39, 0.29) is 0 Å². The molecule has 0 amide bonds. The molecule has 0 aromatic rings. The van der Waals surface area contributed by atoms with Gasteiger partial charge in [-0.05, 0) is 13.8 Å². The number of carbonyl (C=O) groups excluding carboxylic acids is 2. The van der Waals surface area contributed by atoms with Gasteiger partial charge in [0, 0.05) is 11.1 Å². The second-order valence-corrected chi connectivity index (χ2v) is 8.10. The van der Waals surface area contributed by atoms with Crippen molar-refractivity contribution in [1.82, 2.24) is 0 Å². The van der Waals surface area contributed by atoms with E-state index in [1.54, 1.807) is 0 Å². The molecule has 2 N–H and O–H groups in total. The van der Waals surface area contributed by atoms with Crippen molar-refractivity contribution in [3.8, 4) is 0 Å². The zero-order chi connectivity index (χ0) is 30.7. The van der Waals surface area contributed by atoms with Crippen LogP contribution in [-0.4, -0.2) is 83.1 Å². The van der Waals surface area contributed by atoms with Crippen molar-refractivity contribution in [2.24, 2.45) is 0 Å². The maximum atomic E-state index is 14.1. The number of aliphatic hydroxyl groups is 2. The van der Waals surface area contributed by atoms with E-state index >= 15 is 0 Å². The Morgan fingerprint density at radius 3 is 1.03 bits per heavy atom. The minimum absolute atomic E-state index is 0.577. The summed E-state index contributed by atoms with van der Waals surface area (Å²) < 4.78 is 177.